The minimum Gasteiger partial charge on any atom is -0.346 e. The number of nitrogens with one attached hydrogen (secondary N) is 1. The lowest BCUT2D eigenvalue weighted by molar-refractivity contribution is 0.206. The Labute approximate surface area is 151 Å². The molecule has 4 rings (SSSR count). The van der Waals surface area contributed by atoms with Crippen LogP contribution in [0.4, 0.5) is 0 Å². The Morgan fingerprint density at radius 3 is 2.88 bits per heavy atom. The summed E-state index contributed by atoms with van der Waals surface area (Å²) in [6, 6.07) is 0.326. The summed E-state index contributed by atoms with van der Waals surface area (Å²) in [4.78, 5) is 14.6. The minimum atomic E-state index is -0.714. The molecule has 1 saturated heterocycles. The van der Waals surface area contributed by atoms with Crippen molar-refractivity contribution >= 4 is 22.6 Å². The van der Waals surface area contributed by atoms with Gasteiger partial charge in [0, 0.05) is 35.6 Å². The first-order valence-electron chi connectivity index (χ1n) is 8.67. The van der Waals surface area contributed by atoms with Crippen molar-refractivity contribution < 1.29 is 0 Å². The molecule has 0 aromatic carbocycles. The van der Waals surface area contributed by atoms with Gasteiger partial charge < -0.3 is 16.5 Å². The number of aromatic nitrogens is 3. The Morgan fingerprint density at radius 2 is 2.12 bits per heavy atom. The SMILES string of the molecule is NC1CCN(Cc2c[nH]c3ncnc(C4(N)C=CC=C(Cl)C4)c23)CC1. The third kappa shape index (κ3) is 3.22. The van der Waals surface area contributed by atoms with Crippen molar-refractivity contribution in [2.45, 2.75) is 37.4 Å². The molecule has 2 aromatic rings. The summed E-state index contributed by atoms with van der Waals surface area (Å²) >= 11 is 6.24. The van der Waals surface area contributed by atoms with Gasteiger partial charge in [-0.15, -0.1) is 0 Å². The Kier molecular flexibility index (Phi) is 4.37. The van der Waals surface area contributed by atoms with E-state index in [0.29, 0.717) is 12.5 Å². The molecular weight excluding hydrogens is 336 g/mol. The molecule has 1 atom stereocenters. The maximum Gasteiger partial charge on any atom is 0.141 e. The first kappa shape index (κ1) is 16.7. The highest BCUT2D eigenvalue weighted by Crippen LogP contribution is 2.35. The van der Waals surface area contributed by atoms with E-state index in [2.05, 4.69) is 19.9 Å². The fraction of sp³-hybridized carbons (Fsp3) is 0.444. The predicted octanol–water partition coefficient (Wildman–Crippen LogP) is 2.12. The number of aromatic amines is 1. The predicted molar refractivity (Wildman–Crippen MR) is 99.9 cm³/mol. The molecule has 1 unspecified atom stereocenters. The molecule has 7 heteroatoms. The Bertz CT molecular complexity index is 833. The largest absolute Gasteiger partial charge is 0.346 e. The van der Waals surface area contributed by atoms with Gasteiger partial charge in [-0.3, -0.25) is 4.90 Å². The van der Waals surface area contributed by atoms with Gasteiger partial charge in [0.05, 0.1) is 11.2 Å². The van der Waals surface area contributed by atoms with Crippen LogP contribution in [0, 0.1) is 0 Å². The van der Waals surface area contributed by atoms with Gasteiger partial charge in [-0.1, -0.05) is 23.8 Å². The van der Waals surface area contributed by atoms with E-state index in [0.717, 1.165) is 54.2 Å². The summed E-state index contributed by atoms with van der Waals surface area (Å²) in [6.45, 7) is 2.87. The van der Waals surface area contributed by atoms with Crippen LogP contribution in [0.1, 0.15) is 30.5 Å². The Balaban J connectivity index is 1.70. The van der Waals surface area contributed by atoms with Crippen LogP contribution in [0.25, 0.3) is 11.0 Å². The van der Waals surface area contributed by atoms with E-state index in [1.165, 1.54) is 5.56 Å². The standard InChI is InChI=1S/C18H23ClN6/c19-13-2-1-5-18(21,8-13)16-15-12(9-22-17(15)24-11-23-16)10-25-6-3-14(20)4-7-25/h1-2,5,9,11,14H,3-4,6-8,10,20-21H2,(H,22,23,24). The normalized spacial score (nSPS) is 25.5. The van der Waals surface area contributed by atoms with Gasteiger partial charge in [-0.05, 0) is 37.6 Å². The third-order valence-electron chi connectivity index (χ3n) is 5.15. The summed E-state index contributed by atoms with van der Waals surface area (Å²) in [5.74, 6) is 0. The molecular formula is C18H23ClN6. The number of allylic oxidation sites excluding steroid dienone is 2. The molecule has 25 heavy (non-hydrogen) atoms. The van der Waals surface area contributed by atoms with Crippen LogP contribution >= 0.6 is 11.6 Å². The highest BCUT2D eigenvalue weighted by atomic mass is 35.5. The van der Waals surface area contributed by atoms with Crippen molar-refractivity contribution in [1.29, 1.82) is 0 Å². The number of hydrogen-bond donors (Lipinski definition) is 3. The monoisotopic (exact) mass is 358 g/mol. The van der Waals surface area contributed by atoms with Gasteiger partial charge in [0.25, 0.3) is 0 Å². The maximum absolute atomic E-state index is 6.67. The molecule has 0 radical (unpaired) electrons. The highest BCUT2D eigenvalue weighted by molar-refractivity contribution is 6.29. The molecule has 2 aromatic heterocycles. The van der Waals surface area contributed by atoms with Gasteiger partial charge in [-0.25, -0.2) is 9.97 Å². The number of hydrogen-bond acceptors (Lipinski definition) is 5. The molecule has 1 aliphatic heterocycles. The number of likely N-dealkylation sites (tertiary alicyclic amines) is 1. The average Bonchev–Trinajstić information content (AvgIpc) is 3.00. The van der Waals surface area contributed by atoms with Crippen molar-refractivity contribution in [3.63, 3.8) is 0 Å². The maximum atomic E-state index is 6.67. The van der Waals surface area contributed by atoms with Gasteiger partial charge in [0.2, 0.25) is 0 Å². The lowest BCUT2D eigenvalue weighted by atomic mass is 9.86. The third-order valence-corrected chi connectivity index (χ3v) is 5.41. The van der Waals surface area contributed by atoms with E-state index >= 15 is 0 Å². The Morgan fingerprint density at radius 1 is 1.32 bits per heavy atom. The number of nitrogens with zero attached hydrogens (tertiary/aromatic N) is 3. The van der Waals surface area contributed by atoms with E-state index in [-0.39, 0.29) is 0 Å². The zero-order chi connectivity index (χ0) is 17.4. The van der Waals surface area contributed by atoms with E-state index in [1.807, 2.05) is 24.4 Å². The molecule has 1 aliphatic carbocycles. The van der Waals surface area contributed by atoms with E-state index in [1.54, 1.807) is 6.33 Å². The summed E-state index contributed by atoms with van der Waals surface area (Å²) < 4.78 is 0. The molecule has 6 nitrogen and oxygen atoms in total. The van der Waals surface area contributed by atoms with Gasteiger partial charge in [0.1, 0.15) is 12.0 Å². The second-order valence-electron chi connectivity index (χ2n) is 7.06. The van der Waals surface area contributed by atoms with Crippen molar-refractivity contribution in [3.05, 3.63) is 47.0 Å². The first-order valence-corrected chi connectivity index (χ1v) is 9.05. The molecule has 5 N–H and O–H groups in total. The van der Waals surface area contributed by atoms with Gasteiger partial charge >= 0.3 is 0 Å². The summed E-state index contributed by atoms with van der Waals surface area (Å²) in [5, 5.41) is 1.75. The lowest BCUT2D eigenvalue weighted by Gasteiger charge is -2.31. The minimum absolute atomic E-state index is 0.326. The van der Waals surface area contributed by atoms with Crippen molar-refractivity contribution in [1.82, 2.24) is 19.9 Å². The van der Waals surface area contributed by atoms with Crippen LogP contribution in [0.5, 0.6) is 0 Å². The fourth-order valence-corrected chi connectivity index (χ4v) is 4.03. The number of fused-ring (bicyclic) bond motifs is 1. The number of rotatable bonds is 3. The van der Waals surface area contributed by atoms with Crippen LogP contribution in [0.2, 0.25) is 0 Å². The van der Waals surface area contributed by atoms with Crippen LogP contribution in [-0.2, 0) is 12.1 Å². The van der Waals surface area contributed by atoms with Crippen LogP contribution in [-0.4, -0.2) is 39.0 Å². The van der Waals surface area contributed by atoms with E-state index in [9.17, 15) is 0 Å². The van der Waals surface area contributed by atoms with Crippen molar-refractivity contribution in [2.75, 3.05) is 13.1 Å². The number of nitrogens with two attached hydrogens (primary N) is 2. The van der Waals surface area contributed by atoms with Crippen LogP contribution in [0.3, 0.4) is 0 Å². The van der Waals surface area contributed by atoms with Crippen LogP contribution < -0.4 is 11.5 Å². The quantitative estimate of drug-likeness (QED) is 0.780. The molecule has 0 saturated carbocycles. The van der Waals surface area contributed by atoms with E-state index in [4.69, 9.17) is 23.1 Å². The second-order valence-corrected chi connectivity index (χ2v) is 7.55. The summed E-state index contributed by atoms with van der Waals surface area (Å²) in [6.07, 6.45) is 11.9. The van der Waals surface area contributed by atoms with Crippen molar-refractivity contribution in [2.24, 2.45) is 11.5 Å². The number of halogens is 1. The summed E-state index contributed by atoms with van der Waals surface area (Å²) in [7, 11) is 0. The molecule has 2 aliphatic rings. The molecule has 0 bridgehead atoms. The molecule has 1 fully saturated rings. The summed E-state index contributed by atoms with van der Waals surface area (Å²) in [5.41, 5.74) is 14.8. The Hall–Kier alpha value is -1.73. The first-order chi connectivity index (χ1) is 12.0. The van der Waals surface area contributed by atoms with Gasteiger partial charge in [0.15, 0.2) is 0 Å². The van der Waals surface area contributed by atoms with Crippen molar-refractivity contribution in [3.8, 4) is 0 Å². The van der Waals surface area contributed by atoms with Crippen LogP contribution in [0.15, 0.2) is 35.8 Å². The zero-order valence-electron chi connectivity index (χ0n) is 14.1. The number of H-pyrrole nitrogens is 1. The number of piperidine rings is 1. The zero-order valence-corrected chi connectivity index (χ0v) is 14.8. The second kappa shape index (κ2) is 6.53. The molecule has 0 amide bonds. The highest BCUT2D eigenvalue weighted by Gasteiger charge is 2.32. The van der Waals surface area contributed by atoms with E-state index < -0.39 is 5.54 Å². The topological polar surface area (TPSA) is 96.8 Å². The molecule has 132 valence electrons. The lowest BCUT2D eigenvalue weighted by Crippen LogP contribution is -2.39. The smallest absolute Gasteiger partial charge is 0.141 e. The average molecular weight is 359 g/mol. The molecule has 3 heterocycles. The fourth-order valence-electron chi connectivity index (χ4n) is 3.74. The van der Waals surface area contributed by atoms with Gasteiger partial charge in [-0.2, -0.15) is 0 Å². The molecule has 0 spiro atoms.